The molecule has 0 radical (unpaired) electrons. The van der Waals surface area contributed by atoms with Crippen molar-refractivity contribution in [3.8, 4) is 0 Å². The third-order valence-electron chi connectivity index (χ3n) is 2.61. The summed E-state index contributed by atoms with van der Waals surface area (Å²) in [7, 11) is 0. The fourth-order valence-corrected chi connectivity index (χ4v) is 1.93. The smallest absolute Gasteiger partial charge is 0.250 e. The molecule has 1 aliphatic rings. The molecule has 3 heteroatoms. The fraction of sp³-hybridized carbons (Fsp3) is 0.250. The van der Waals surface area contributed by atoms with Crippen LogP contribution in [-0.4, -0.2) is 12.5 Å². The van der Waals surface area contributed by atoms with Gasteiger partial charge in [0, 0.05) is 6.54 Å². The molecule has 0 spiro atoms. The van der Waals surface area contributed by atoms with E-state index in [2.05, 4.69) is 6.58 Å². The SMILES string of the molecule is C=CC(=O)N1CCCc2cccc(F)c21. The molecule has 0 atom stereocenters. The molecule has 0 saturated carbocycles. The lowest BCUT2D eigenvalue weighted by Crippen LogP contribution is -2.34. The average molecular weight is 205 g/mol. The van der Waals surface area contributed by atoms with E-state index in [0.29, 0.717) is 12.2 Å². The van der Waals surface area contributed by atoms with Gasteiger partial charge in [-0.15, -0.1) is 0 Å². The van der Waals surface area contributed by atoms with E-state index in [0.717, 1.165) is 18.4 Å². The summed E-state index contributed by atoms with van der Waals surface area (Å²) in [4.78, 5) is 13.0. The number of rotatable bonds is 1. The molecule has 1 amide bonds. The van der Waals surface area contributed by atoms with Crippen LogP contribution in [0.25, 0.3) is 0 Å². The molecule has 15 heavy (non-hydrogen) atoms. The summed E-state index contributed by atoms with van der Waals surface area (Å²) >= 11 is 0. The van der Waals surface area contributed by atoms with Gasteiger partial charge in [-0.3, -0.25) is 4.79 Å². The third kappa shape index (κ3) is 1.65. The number of para-hydroxylation sites is 1. The monoisotopic (exact) mass is 205 g/mol. The van der Waals surface area contributed by atoms with Crippen molar-refractivity contribution in [3.05, 3.63) is 42.2 Å². The third-order valence-corrected chi connectivity index (χ3v) is 2.61. The predicted octanol–water partition coefficient (Wildman–Crippen LogP) is 2.29. The molecule has 1 aromatic rings. The zero-order valence-corrected chi connectivity index (χ0v) is 8.37. The maximum Gasteiger partial charge on any atom is 0.250 e. The van der Waals surface area contributed by atoms with Gasteiger partial charge in [0.25, 0.3) is 0 Å². The molecule has 1 aliphatic heterocycles. The molecule has 0 fully saturated rings. The summed E-state index contributed by atoms with van der Waals surface area (Å²) < 4.78 is 13.6. The highest BCUT2D eigenvalue weighted by Gasteiger charge is 2.23. The Morgan fingerprint density at radius 3 is 3.07 bits per heavy atom. The zero-order chi connectivity index (χ0) is 10.8. The van der Waals surface area contributed by atoms with Crippen LogP contribution >= 0.6 is 0 Å². The van der Waals surface area contributed by atoms with Crippen LogP contribution in [-0.2, 0) is 11.2 Å². The molecular weight excluding hydrogens is 193 g/mol. The van der Waals surface area contributed by atoms with Gasteiger partial charge in [0.2, 0.25) is 5.91 Å². The molecule has 1 aromatic carbocycles. The quantitative estimate of drug-likeness (QED) is 0.644. The van der Waals surface area contributed by atoms with Crippen LogP contribution in [0.4, 0.5) is 10.1 Å². The first-order valence-electron chi connectivity index (χ1n) is 4.95. The molecule has 0 N–H and O–H groups in total. The number of amides is 1. The van der Waals surface area contributed by atoms with Crippen molar-refractivity contribution in [3.63, 3.8) is 0 Å². The van der Waals surface area contributed by atoms with E-state index in [1.807, 2.05) is 6.07 Å². The van der Waals surface area contributed by atoms with Crippen LogP contribution in [0.3, 0.4) is 0 Å². The molecule has 78 valence electrons. The van der Waals surface area contributed by atoms with Crippen LogP contribution < -0.4 is 4.90 Å². The number of halogens is 1. The summed E-state index contributed by atoms with van der Waals surface area (Å²) in [6.07, 6.45) is 2.92. The number of carbonyl (C=O) groups excluding carboxylic acids is 1. The normalized spacial score (nSPS) is 14.6. The van der Waals surface area contributed by atoms with E-state index < -0.39 is 0 Å². The van der Waals surface area contributed by atoms with E-state index in [1.165, 1.54) is 17.0 Å². The Balaban J connectivity index is 2.49. The van der Waals surface area contributed by atoms with E-state index in [9.17, 15) is 9.18 Å². The molecule has 0 aliphatic carbocycles. The first-order valence-corrected chi connectivity index (χ1v) is 4.95. The number of carbonyl (C=O) groups is 1. The van der Waals surface area contributed by atoms with Gasteiger partial charge in [0.1, 0.15) is 5.82 Å². The fourth-order valence-electron chi connectivity index (χ4n) is 1.93. The first kappa shape index (κ1) is 9.90. The van der Waals surface area contributed by atoms with E-state index >= 15 is 0 Å². The summed E-state index contributed by atoms with van der Waals surface area (Å²) in [5, 5.41) is 0. The first-order chi connectivity index (χ1) is 7.24. The molecule has 0 saturated heterocycles. The van der Waals surface area contributed by atoms with Crippen molar-refractivity contribution in [1.82, 2.24) is 0 Å². The number of nitrogens with zero attached hydrogens (tertiary/aromatic N) is 1. The van der Waals surface area contributed by atoms with Crippen molar-refractivity contribution in [2.24, 2.45) is 0 Å². The molecule has 2 nitrogen and oxygen atoms in total. The number of hydrogen-bond donors (Lipinski definition) is 0. The average Bonchev–Trinajstić information content (AvgIpc) is 2.28. The van der Waals surface area contributed by atoms with Crippen LogP contribution in [0.1, 0.15) is 12.0 Å². The predicted molar refractivity (Wildman–Crippen MR) is 57.3 cm³/mol. The molecule has 0 aromatic heterocycles. The largest absolute Gasteiger partial charge is 0.306 e. The summed E-state index contributed by atoms with van der Waals surface area (Å²) in [5.41, 5.74) is 1.32. The number of fused-ring (bicyclic) bond motifs is 1. The highest BCUT2D eigenvalue weighted by Crippen LogP contribution is 2.29. The van der Waals surface area contributed by atoms with Gasteiger partial charge in [-0.05, 0) is 30.5 Å². The second-order valence-corrected chi connectivity index (χ2v) is 3.55. The molecule has 0 unspecified atom stereocenters. The van der Waals surface area contributed by atoms with Gasteiger partial charge in [0.05, 0.1) is 5.69 Å². The minimum Gasteiger partial charge on any atom is -0.306 e. The lowest BCUT2D eigenvalue weighted by atomic mass is 10.0. The molecule has 1 heterocycles. The Bertz CT molecular complexity index is 414. The van der Waals surface area contributed by atoms with Gasteiger partial charge < -0.3 is 4.90 Å². The lowest BCUT2D eigenvalue weighted by Gasteiger charge is -2.28. The van der Waals surface area contributed by atoms with Gasteiger partial charge in [-0.1, -0.05) is 18.7 Å². The number of aryl methyl sites for hydroxylation is 1. The van der Waals surface area contributed by atoms with Crippen LogP contribution in [0, 0.1) is 5.82 Å². The maximum absolute atomic E-state index is 13.6. The van der Waals surface area contributed by atoms with Crippen LogP contribution in [0.15, 0.2) is 30.9 Å². The summed E-state index contributed by atoms with van der Waals surface area (Å²) in [5.74, 6) is -0.566. The Kier molecular flexibility index (Phi) is 2.54. The molecule has 0 bridgehead atoms. The number of benzene rings is 1. The second-order valence-electron chi connectivity index (χ2n) is 3.55. The van der Waals surface area contributed by atoms with Crippen molar-refractivity contribution in [1.29, 1.82) is 0 Å². The molecular formula is C12H12FNO. The number of anilines is 1. The number of hydrogen-bond acceptors (Lipinski definition) is 1. The Morgan fingerprint density at radius 2 is 2.33 bits per heavy atom. The van der Waals surface area contributed by atoms with Gasteiger partial charge in [0.15, 0.2) is 0 Å². The van der Waals surface area contributed by atoms with Crippen molar-refractivity contribution in [2.45, 2.75) is 12.8 Å². The zero-order valence-electron chi connectivity index (χ0n) is 8.37. The maximum atomic E-state index is 13.6. The highest BCUT2D eigenvalue weighted by atomic mass is 19.1. The van der Waals surface area contributed by atoms with Crippen molar-refractivity contribution < 1.29 is 9.18 Å². The van der Waals surface area contributed by atoms with Gasteiger partial charge >= 0.3 is 0 Å². The Morgan fingerprint density at radius 1 is 1.53 bits per heavy atom. The van der Waals surface area contributed by atoms with E-state index in [1.54, 1.807) is 6.07 Å². The topological polar surface area (TPSA) is 20.3 Å². The van der Waals surface area contributed by atoms with Gasteiger partial charge in [-0.2, -0.15) is 0 Å². The Hall–Kier alpha value is -1.64. The van der Waals surface area contributed by atoms with Gasteiger partial charge in [-0.25, -0.2) is 4.39 Å². The minimum atomic E-state index is -0.331. The molecule has 2 rings (SSSR count). The standard InChI is InChI=1S/C12H12FNO/c1-2-11(15)14-8-4-6-9-5-3-7-10(13)12(9)14/h2-3,5,7H,1,4,6,8H2. The van der Waals surface area contributed by atoms with E-state index in [-0.39, 0.29) is 11.7 Å². The van der Waals surface area contributed by atoms with Crippen LogP contribution in [0.2, 0.25) is 0 Å². The second kappa shape index (κ2) is 3.85. The van der Waals surface area contributed by atoms with E-state index in [4.69, 9.17) is 0 Å². The highest BCUT2D eigenvalue weighted by molar-refractivity contribution is 6.01. The Labute approximate surface area is 88.0 Å². The summed E-state index contributed by atoms with van der Waals surface area (Å²) in [6.45, 7) is 3.99. The lowest BCUT2D eigenvalue weighted by molar-refractivity contribution is -0.114. The summed E-state index contributed by atoms with van der Waals surface area (Å²) in [6, 6.07) is 4.92. The minimum absolute atomic E-state index is 0.235. The van der Waals surface area contributed by atoms with Crippen molar-refractivity contribution >= 4 is 11.6 Å². The van der Waals surface area contributed by atoms with Crippen LogP contribution in [0.5, 0.6) is 0 Å². The van der Waals surface area contributed by atoms with Crippen molar-refractivity contribution in [2.75, 3.05) is 11.4 Å².